The Balaban J connectivity index is 2.33. The molecule has 0 saturated carbocycles. The number of carbonyl (C=O) groups is 1. The summed E-state index contributed by atoms with van der Waals surface area (Å²) >= 11 is 6.27. The van der Waals surface area contributed by atoms with Crippen LogP contribution in [0.3, 0.4) is 0 Å². The number of aliphatic hydroxyl groups is 2. The van der Waals surface area contributed by atoms with Gasteiger partial charge in [-0.1, -0.05) is 30.3 Å². The number of halogens is 1. The number of anilines is 1. The van der Waals surface area contributed by atoms with Gasteiger partial charge < -0.3 is 15.1 Å². The van der Waals surface area contributed by atoms with Crippen LogP contribution in [0.4, 0.5) is 5.69 Å². The largest absolute Gasteiger partial charge is 0.395 e. The van der Waals surface area contributed by atoms with Gasteiger partial charge in [0.2, 0.25) is 0 Å². The molecule has 0 spiro atoms. The summed E-state index contributed by atoms with van der Waals surface area (Å²) in [7, 11) is 0. The van der Waals surface area contributed by atoms with Crippen molar-refractivity contribution in [1.29, 1.82) is 0 Å². The van der Waals surface area contributed by atoms with E-state index in [1.54, 1.807) is 18.2 Å². The van der Waals surface area contributed by atoms with Gasteiger partial charge in [0.15, 0.2) is 5.78 Å². The number of nitrogens with zero attached hydrogens (tertiary/aromatic N) is 1. The van der Waals surface area contributed by atoms with E-state index in [0.29, 0.717) is 23.7 Å². The lowest BCUT2D eigenvalue weighted by Crippen LogP contribution is -2.29. The molecule has 0 unspecified atom stereocenters. The average molecular weight is 346 g/mol. The predicted octanol–water partition coefficient (Wildman–Crippen LogP) is 3.17. The smallest absolute Gasteiger partial charge is 0.185 e. The third-order valence-electron chi connectivity index (χ3n) is 3.72. The van der Waals surface area contributed by atoms with Gasteiger partial charge in [-0.25, -0.2) is 0 Å². The zero-order valence-electron chi connectivity index (χ0n) is 13.3. The summed E-state index contributed by atoms with van der Waals surface area (Å²) in [6.07, 6.45) is 1.28. The first-order valence-electron chi connectivity index (χ1n) is 7.64. The van der Waals surface area contributed by atoms with Crippen LogP contribution in [-0.4, -0.2) is 42.3 Å². The second-order valence-corrected chi connectivity index (χ2v) is 5.65. The lowest BCUT2D eigenvalue weighted by Gasteiger charge is -2.23. The Kier molecular flexibility index (Phi) is 6.55. The molecule has 24 heavy (non-hydrogen) atoms. The molecule has 0 aliphatic rings. The number of carbonyl (C=O) groups excluding carboxylic acids is 1. The van der Waals surface area contributed by atoms with Gasteiger partial charge >= 0.3 is 0 Å². The molecule has 0 aliphatic carbocycles. The molecule has 0 atom stereocenters. The Hall–Kier alpha value is -2.14. The molecule has 5 heteroatoms. The highest BCUT2D eigenvalue weighted by Gasteiger charge is 2.10. The molecular weight excluding hydrogens is 326 g/mol. The van der Waals surface area contributed by atoms with E-state index in [1.165, 1.54) is 6.08 Å². The minimum absolute atomic E-state index is 0.0132. The molecule has 0 bridgehead atoms. The van der Waals surface area contributed by atoms with Gasteiger partial charge in [0, 0.05) is 34.9 Å². The fourth-order valence-corrected chi connectivity index (χ4v) is 2.71. The molecule has 0 amide bonds. The third kappa shape index (κ3) is 4.23. The van der Waals surface area contributed by atoms with Gasteiger partial charge in [0.05, 0.1) is 13.2 Å². The maximum atomic E-state index is 11.8. The average Bonchev–Trinajstić information content (AvgIpc) is 2.61. The predicted molar refractivity (Wildman–Crippen MR) is 97.8 cm³/mol. The van der Waals surface area contributed by atoms with Crippen molar-refractivity contribution in [3.63, 3.8) is 0 Å². The van der Waals surface area contributed by atoms with Crippen molar-refractivity contribution in [2.75, 3.05) is 31.2 Å². The first-order valence-corrected chi connectivity index (χ1v) is 8.02. The van der Waals surface area contributed by atoms with Gasteiger partial charge in [-0.2, -0.15) is 0 Å². The molecule has 0 radical (unpaired) electrons. The van der Waals surface area contributed by atoms with Crippen molar-refractivity contribution in [2.45, 2.75) is 0 Å². The van der Waals surface area contributed by atoms with E-state index in [2.05, 4.69) is 6.58 Å². The Bertz CT molecular complexity index is 707. The van der Waals surface area contributed by atoms with Crippen LogP contribution < -0.4 is 4.90 Å². The van der Waals surface area contributed by atoms with Crippen LogP contribution in [-0.2, 0) is 0 Å². The van der Waals surface area contributed by atoms with E-state index >= 15 is 0 Å². The second-order valence-electron chi connectivity index (χ2n) is 5.24. The number of rotatable bonds is 8. The normalized spacial score (nSPS) is 10.5. The fraction of sp³-hybridized carbons (Fsp3) is 0.211. The summed E-state index contributed by atoms with van der Waals surface area (Å²) in [6, 6.07) is 12.7. The van der Waals surface area contributed by atoms with Crippen LogP contribution in [0.1, 0.15) is 10.4 Å². The highest BCUT2D eigenvalue weighted by atomic mass is 35.5. The van der Waals surface area contributed by atoms with Crippen molar-refractivity contribution in [3.05, 3.63) is 65.7 Å². The monoisotopic (exact) mass is 345 g/mol. The number of hydrogen-bond acceptors (Lipinski definition) is 4. The minimum Gasteiger partial charge on any atom is -0.395 e. The lowest BCUT2D eigenvalue weighted by atomic mass is 10.0. The second kappa shape index (κ2) is 8.64. The van der Waals surface area contributed by atoms with E-state index in [4.69, 9.17) is 21.8 Å². The molecule has 0 aromatic heterocycles. The zero-order chi connectivity index (χ0) is 17.5. The van der Waals surface area contributed by atoms with E-state index < -0.39 is 0 Å². The maximum absolute atomic E-state index is 11.8. The molecule has 0 fully saturated rings. The number of hydrogen-bond donors (Lipinski definition) is 2. The topological polar surface area (TPSA) is 60.8 Å². The van der Waals surface area contributed by atoms with Gasteiger partial charge in [-0.3, -0.25) is 4.79 Å². The first kappa shape index (κ1) is 18.2. The Morgan fingerprint density at radius 3 is 2.25 bits per heavy atom. The van der Waals surface area contributed by atoms with Gasteiger partial charge in [0.1, 0.15) is 0 Å². The first-order chi connectivity index (χ1) is 11.6. The minimum atomic E-state index is -0.151. The summed E-state index contributed by atoms with van der Waals surface area (Å²) in [5.41, 5.74) is 3.09. The highest BCUT2D eigenvalue weighted by molar-refractivity contribution is 6.33. The zero-order valence-corrected chi connectivity index (χ0v) is 14.0. The van der Waals surface area contributed by atoms with Crippen LogP contribution in [0.5, 0.6) is 0 Å². The van der Waals surface area contributed by atoms with E-state index in [1.807, 2.05) is 29.2 Å². The summed E-state index contributed by atoms with van der Waals surface area (Å²) < 4.78 is 0. The van der Waals surface area contributed by atoms with Crippen LogP contribution in [0.15, 0.2) is 55.1 Å². The van der Waals surface area contributed by atoms with E-state index in [-0.39, 0.29) is 19.0 Å². The Labute approximate surface area is 146 Å². The number of allylic oxidation sites excluding steroid dienone is 1. The molecular formula is C19H20ClNO3. The standard InChI is InChI=1S/C19H20ClNO3/c1-2-19(24)15-5-8-18(20)17(13-15)14-3-6-16(7-4-14)21(9-11-22)10-12-23/h2-8,13,22-23H,1,9-12H2. The fourth-order valence-electron chi connectivity index (χ4n) is 2.48. The van der Waals surface area contributed by atoms with Crippen molar-refractivity contribution in [2.24, 2.45) is 0 Å². The molecule has 4 nitrogen and oxygen atoms in total. The van der Waals surface area contributed by atoms with Gasteiger partial charge in [-0.15, -0.1) is 0 Å². The molecule has 126 valence electrons. The highest BCUT2D eigenvalue weighted by Crippen LogP contribution is 2.30. The lowest BCUT2D eigenvalue weighted by molar-refractivity contribution is 0.104. The van der Waals surface area contributed by atoms with Gasteiger partial charge in [-0.05, 0) is 42.0 Å². The number of benzene rings is 2. The van der Waals surface area contributed by atoms with Crippen LogP contribution in [0, 0.1) is 0 Å². The molecule has 2 aromatic rings. The summed E-state index contributed by atoms with van der Waals surface area (Å²) in [5.74, 6) is -0.151. The summed E-state index contributed by atoms with van der Waals surface area (Å²) in [4.78, 5) is 13.7. The molecule has 2 aromatic carbocycles. The SMILES string of the molecule is C=CC(=O)c1ccc(Cl)c(-c2ccc(N(CCO)CCO)cc2)c1. The van der Waals surface area contributed by atoms with Crippen molar-refractivity contribution < 1.29 is 15.0 Å². The Morgan fingerprint density at radius 2 is 1.71 bits per heavy atom. The molecule has 0 aliphatic heterocycles. The molecule has 0 heterocycles. The number of ketones is 1. The maximum Gasteiger partial charge on any atom is 0.185 e. The van der Waals surface area contributed by atoms with Crippen molar-refractivity contribution in [1.82, 2.24) is 0 Å². The summed E-state index contributed by atoms with van der Waals surface area (Å²) in [5, 5.41) is 18.8. The van der Waals surface area contributed by atoms with Crippen LogP contribution >= 0.6 is 11.6 Å². The van der Waals surface area contributed by atoms with E-state index in [0.717, 1.165) is 16.8 Å². The third-order valence-corrected chi connectivity index (χ3v) is 4.05. The number of aliphatic hydroxyl groups excluding tert-OH is 2. The molecule has 2 rings (SSSR count). The van der Waals surface area contributed by atoms with E-state index in [9.17, 15) is 4.79 Å². The molecule has 0 saturated heterocycles. The summed E-state index contributed by atoms with van der Waals surface area (Å²) in [6.45, 7) is 4.42. The van der Waals surface area contributed by atoms with Crippen LogP contribution in [0.25, 0.3) is 11.1 Å². The Morgan fingerprint density at radius 1 is 1.08 bits per heavy atom. The van der Waals surface area contributed by atoms with Crippen molar-refractivity contribution in [3.8, 4) is 11.1 Å². The molecule has 2 N–H and O–H groups in total. The van der Waals surface area contributed by atoms with Crippen molar-refractivity contribution >= 4 is 23.1 Å². The van der Waals surface area contributed by atoms with Gasteiger partial charge in [0.25, 0.3) is 0 Å². The van der Waals surface area contributed by atoms with Crippen LogP contribution in [0.2, 0.25) is 5.02 Å². The quantitative estimate of drug-likeness (QED) is 0.570.